The molecule has 0 saturated carbocycles. The number of aromatic nitrogens is 2. The van der Waals surface area contributed by atoms with E-state index in [1.54, 1.807) is 0 Å². The van der Waals surface area contributed by atoms with Crippen LogP contribution in [-0.4, -0.2) is 34.1 Å². The molecule has 0 radical (unpaired) electrons. The first-order valence-corrected chi connectivity index (χ1v) is 5.85. The van der Waals surface area contributed by atoms with E-state index < -0.39 is 11.9 Å². The lowest BCUT2D eigenvalue weighted by Crippen LogP contribution is -2.06. The molecule has 2 aromatic rings. The number of carbonyl (C=O) groups is 2. The first-order chi connectivity index (χ1) is 9.52. The Morgan fingerprint density at radius 3 is 2.65 bits per heavy atom. The summed E-state index contributed by atoms with van der Waals surface area (Å²) in [6.07, 6.45) is 1.42. The third-order valence-corrected chi connectivity index (χ3v) is 2.76. The molecular formula is C13H9ClN2O4. The Hall–Kier alpha value is -2.47. The number of hydrogen-bond acceptors (Lipinski definition) is 5. The van der Waals surface area contributed by atoms with Crippen molar-refractivity contribution in [2.24, 2.45) is 0 Å². The van der Waals surface area contributed by atoms with Gasteiger partial charge in [-0.3, -0.25) is 0 Å². The minimum absolute atomic E-state index is 0.0101. The molecule has 1 aromatic heterocycles. The van der Waals surface area contributed by atoms with Crippen LogP contribution in [0.25, 0.3) is 11.3 Å². The molecule has 2 rings (SSSR count). The van der Waals surface area contributed by atoms with Gasteiger partial charge in [0.1, 0.15) is 0 Å². The van der Waals surface area contributed by atoms with Crippen LogP contribution in [0.2, 0.25) is 5.28 Å². The number of rotatable bonds is 3. The van der Waals surface area contributed by atoms with Gasteiger partial charge in [-0.1, -0.05) is 6.07 Å². The van der Waals surface area contributed by atoms with Crippen LogP contribution >= 0.6 is 11.6 Å². The van der Waals surface area contributed by atoms with E-state index in [0.717, 1.165) is 0 Å². The van der Waals surface area contributed by atoms with Gasteiger partial charge in [0.15, 0.2) is 0 Å². The molecule has 7 heteroatoms. The standard InChI is InChI=1S/C13H9ClN2O4/c1-20-12(19)7-2-3-8(9(6-7)11(17)18)10-4-5-15-13(14)16-10/h2-6H,1H3,(H,17,18). The highest BCUT2D eigenvalue weighted by Gasteiger charge is 2.16. The molecule has 0 aliphatic carbocycles. The van der Waals surface area contributed by atoms with Crippen molar-refractivity contribution in [3.8, 4) is 11.3 Å². The molecule has 0 saturated heterocycles. The van der Waals surface area contributed by atoms with E-state index in [9.17, 15) is 14.7 Å². The zero-order chi connectivity index (χ0) is 14.7. The van der Waals surface area contributed by atoms with E-state index in [1.807, 2.05) is 0 Å². The van der Waals surface area contributed by atoms with Crippen LogP contribution in [0.15, 0.2) is 30.5 Å². The lowest BCUT2D eigenvalue weighted by molar-refractivity contribution is 0.0600. The van der Waals surface area contributed by atoms with Gasteiger partial charge in [-0.2, -0.15) is 0 Å². The summed E-state index contributed by atoms with van der Waals surface area (Å²) in [5.41, 5.74) is 0.782. The summed E-state index contributed by atoms with van der Waals surface area (Å²) in [5, 5.41) is 9.26. The van der Waals surface area contributed by atoms with Crippen LogP contribution in [-0.2, 0) is 4.74 Å². The van der Waals surface area contributed by atoms with E-state index in [4.69, 9.17) is 11.6 Å². The fourth-order valence-corrected chi connectivity index (χ4v) is 1.82. The number of hydrogen-bond donors (Lipinski definition) is 1. The third-order valence-electron chi connectivity index (χ3n) is 2.57. The lowest BCUT2D eigenvalue weighted by atomic mass is 10.0. The average molecular weight is 293 g/mol. The van der Waals surface area contributed by atoms with Crippen LogP contribution in [0.1, 0.15) is 20.7 Å². The van der Waals surface area contributed by atoms with Crippen molar-refractivity contribution in [1.29, 1.82) is 0 Å². The van der Waals surface area contributed by atoms with Gasteiger partial charge >= 0.3 is 11.9 Å². The Morgan fingerprint density at radius 1 is 1.30 bits per heavy atom. The molecule has 0 atom stereocenters. The number of carboxylic acid groups (broad SMARTS) is 1. The van der Waals surface area contributed by atoms with Crippen molar-refractivity contribution in [1.82, 2.24) is 9.97 Å². The van der Waals surface area contributed by atoms with Crippen LogP contribution in [0.5, 0.6) is 0 Å². The van der Waals surface area contributed by atoms with Crippen molar-refractivity contribution in [3.05, 3.63) is 46.9 Å². The number of carbonyl (C=O) groups excluding carboxylic acids is 1. The van der Waals surface area contributed by atoms with Crippen LogP contribution < -0.4 is 0 Å². The fourth-order valence-electron chi connectivity index (χ4n) is 1.67. The normalized spacial score (nSPS) is 10.1. The third kappa shape index (κ3) is 2.75. The molecule has 20 heavy (non-hydrogen) atoms. The quantitative estimate of drug-likeness (QED) is 0.689. The zero-order valence-electron chi connectivity index (χ0n) is 10.3. The second-order valence-corrected chi connectivity index (χ2v) is 4.11. The molecule has 0 unspecified atom stereocenters. The molecule has 0 spiro atoms. The molecule has 6 nitrogen and oxygen atoms in total. The van der Waals surface area contributed by atoms with Crippen molar-refractivity contribution < 1.29 is 19.4 Å². The predicted molar refractivity (Wildman–Crippen MR) is 70.8 cm³/mol. The smallest absolute Gasteiger partial charge is 0.337 e. The van der Waals surface area contributed by atoms with E-state index >= 15 is 0 Å². The molecule has 0 aliphatic rings. The van der Waals surface area contributed by atoms with Gasteiger partial charge in [-0.25, -0.2) is 19.6 Å². The summed E-state index contributed by atoms with van der Waals surface area (Å²) < 4.78 is 4.56. The van der Waals surface area contributed by atoms with Crippen LogP contribution in [0.3, 0.4) is 0 Å². The monoisotopic (exact) mass is 292 g/mol. The summed E-state index contributed by atoms with van der Waals surface area (Å²) in [6, 6.07) is 5.71. The molecular weight excluding hydrogens is 284 g/mol. The Balaban J connectivity index is 2.59. The highest BCUT2D eigenvalue weighted by Crippen LogP contribution is 2.24. The lowest BCUT2D eigenvalue weighted by Gasteiger charge is -2.07. The molecule has 0 aliphatic heterocycles. The number of aromatic carboxylic acids is 1. The van der Waals surface area contributed by atoms with Gasteiger partial charge in [-0.05, 0) is 29.8 Å². The minimum Gasteiger partial charge on any atom is -0.478 e. The summed E-state index contributed by atoms with van der Waals surface area (Å²) in [5.74, 6) is -1.79. The average Bonchev–Trinajstić information content (AvgIpc) is 2.45. The molecule has 0 fully saturated rings. The largest absolute Gasteiger partial charge is 0.478 e. The van der Waals surface area contributed by atoms with Gasteiger partial charge in [0.05, 0.1) is 23.9 Å². The van der Waals surface area contributed by atoms with Gasteiger partial charge in [0, 0.05) is 11.8 Å². The summed E-state index contributed by atoms with van der Waals surface area (Å²) in [4.78, 5) is 30.4. The molecule has 1 N–H and O–H groups in total. The summed E-state index contributed by atoms with van der Waals surface area (Å²) >= 11 is 5.69. The molecule has 0 bridgehead atoms. The first-order valence-electron chi connectivity index (χ1n) is 5.47. The van der Waals surface area contributed by atoms with Crippen LogP contribution in [0.4, 0.5) is 0 Å². The number of methoxy groups -OCH3 is 1. The van der Waals surface area contributed by atoms with E-state index in [1.165, 1.54) is 37.6 Å². The SMILES string of the molecule is COC(=O)c1ccc(-c2ccnc(Cl)n2)c(C(=O)O)c1. The zero-order valence-corrected chi connectivity index (χ0v) is 11.1. The Labute approximate surface area is 119 Å². The second kappa shape index (κ2) is 5.66. The topological polar surface area (TPSA) is 89.4 Å². The van der Waals surface area contributed by atoms with E-state index in [2.05, 4.69) is 14.7 Å². The fraction of sp³-hybridized carbons (Fsp3) is 0.0769. The van der Waals surface area contributed by atoms with Crippen LogP contribution in [0, 0.1) is 0 Å². The Bertz CT molecular complexity index is 688. The van der Waals surface area contributed by atoms with Crippen molar-refractivity contribution >= 4 is 23.5 Å². The van der Waals surface area contributed by atoms with E-state index in [0.29, 0.717) is 11.3 Å². The summed E-state index contributed by atoms with van der Waals surface area (Å²) in [7, 11) is 1.22. The number of esters is 1. The van der Waals surface area contributed by atoms with Crippen molar-refractivity contribution in [2.75, 3.05) is 7.11 Å². The number of ether oxygens (including phenoxy) is 1. The summed E-state index contributed by atoms with van der Waals surface area (Å²) in [6.45, 7) is 0. The van der Waals surface area contributed by atoms with Gasteiger partial charge in [0.2, 0.25) is 5.28 Å². The maximum atomic E-state index is 11.4. The van der Waals surface area contributed by atoms with Gasteiger partial charge < -0.3 is 9.84 Å². The van der Waals surface area contributed by atoms with E-state index in [-0.39, 0.29) is 16.4 Å². The first kappa shape index (κ1) is 14.0. The molecule has 102 valence electrons. The van der Waals surface area contributed by atoms with Gasteiger partial charge in [-0.15, -0.1) is 0 Å². The molecule has 0 amide bonds. The highest BCUT2D eigenvalue weighted by molar-refractivity contribution is 6.28. The maximum absolute atomic E-state index is 11.4. The Kier molecular flexibility index (Phi) is 3.95. The number of benzene rings is 1. The second-order valence-electron chi connectivity index (χ2n) is 3.77. The van der Waals surface area contributed by atoms with Gasteiger partial charge in [0.25, 0.3) is 0 Å². The predicted octanol–water partition coefficient (Wildman–Crippen LogP) is 2.28. The minimum atomic E-state index is -1.18. The molecule has 1 aromatic carbocycles. The number of carboxylic acids is 1. The number of halogens is 1. The molecule has 1 heterocycles. The maximum Gasteiger partial charge on any atom is 0.337 e. The number of nitrogens with zero attached hydrogens (tertiary/aromatic N) is 2. The highest BCUT2D eigenvalue weighted by atomic mass is 35.5. The van der Waals surface area contributed by atoms with Crippen molar-refractivity contribution in [3.63, 3.8) is 0 Å². The Morgan fingerprint density at radius 2 is 2.05 bits per heavy atom. The van der Waals surface area contributed by atoms with Crippen molar-refractivity contribution in [2.45, 2.75) is 0 Å².